The van der Waals surface area contributed by atoms with E-state index >= 15 is 0 Å². The number of hydrogen-bond donors (Lipinski definition) is 2. The highest BCUT2D eigenvalue weighted by Crippen LogP contribution is 2.29. The third-order valence-corrected chi connectivity index (χ3v) is 6.39. The summed E-state index contributed by atoms with van der Waals surface area (Å²) in [7, 11) is 0. The van der Waals surface area contributed by atoms with Gasteiger partial charge in [0.05, 0.1) is 12.1 Å². The monoisotopic (exact) mass is 418 g/mol. The first-order chi connectivity index (χ1) is 14.2. The van der Waals surface area contributed by atoms with E-state index in [0.29, 0.717) is 26.2 Å². The molecule has 2 aliphatic rings. The van der Waals surface area contributed by atoms with E-state index in [1.165, 1.54) is 12.8 Å². The van der Waals surface area contributed by atoms with Crippen LogP contribution in [0.15, 0.2) is 18.2 Å². The van der Waals surface area contributed by atoms with Crippen molar-refractivity contribution in [1.82, 2.24) is 9.80 Å². The molecule has 1 saturated heterocycles. The van der Waals surface area contributed by atoms with Crippen molar-refractivity contribution < 1.29 is 19.7 Å². The van der Waals surface area contributed by atoms with Crippen LogP contribution in [-0.2, 0) is 4.79 Å². The van der Waals surface area contributed by atoms with E-state index in [4.69, 9.17) is 4.74 Å². The van der Waals surface area contributed by atoms with Crippen LogP contribution in [-0.4, -0.2) is 76.5 Å². The van der Waals surface area contributed by atoms with Crippen LogP contribution in [0, 0.1) is 13.8 Å². The Morgan fingerprint density at radius 1 is 0.967 bits per heavy atom. The number of benzene rings is 1. The largest absolute Gasteiger partial charge is 0.490 e. The average molecular weight is 419 g/mol. The van der Waals surface area contributed by atoms with Gasteiger partial charge >= 0.3 is 0 Å². The van der Waals surface area contributed by atoms with Gasteiger partial charge in [0.1, 0.15) is 18.0 Å². The van der Waals surface area contributed by atoms with Gasteiger partial charge in [-0.1, -0.05) is 31.7 Å². The minimum atomic E-state index is -1.19. The number of β-amino-alcohol motifs (C(OH)–C–C–N with tert-alkyl or cyclic N) is 2. The zero-order valence-corrected chi connectivity index (χ0v) is 18.8. The summed E-state index contributed by atoms with van der Waals surface area (Å²) in [5.74, 6) is 0.684. The molecule has 1 heterocycles. The van der Waals surface area contributed by atoms with E-state index in [1.807, 2.05) is 26.0 Å². The van der Waals surface area contributed by atoms with Crippen LogP contribution in [0.3, 0.4) is 0 Å². The minimum absolute atomic E-state index is 0.0464. The summed E-state index contributed by atoms with van der Waals surface area (Å²) >= 11 is 0. The lowest BCUT2D eigenvalue weighted by molar-refractivity contribution is -0.132. The molecule has 3 rings (SSSR count). The molecule has 0 spiro atoms. The maximum absolute atomic E-state index is 12.1. The van der Waals surface area contributed by atoms with Crippen molar-refractivity contribution in [3.05, 3.63) is 29.3 Å². The summed E-state index contributed by atoms with van der Waals surface area (Å²) in [5, 5.41) is 22.6. The Hall–Kier alpha value is -1.63. The molecule has 6 nitrogen and oxygen atoms in total. The first kappa shape index (κ1) is 23.0. The predicted molar refractivity (Wildman–Crippen MR) is 118 cm³/mol. The topological polar surface area (TPSA) is 73.2 Å². The van der Waals surface area contributed by atoms with E-state index in [0.717, 1.165) is 42.6 Å². The van der Waals surface area contributed by atoms with Crippen LogP contribution in [0.25, 0.3) is 0 Å². The molecule has 0 unspecified atom stereocenters. The van der Waals surface area contributed by atoms with Crippen molar-refractivity contribution in [3.63, 3.8) is 0 Å². The second-order valence-electron chi connectivity index (χ2n) is 9.63. The summed E-state index contributed by atoms with van der Waals surface area (Å²) in [5.41, 5.74) is 0.318. The van der Waals surface area contributed by atoms with Gasteiger partial charge in [0, 0.05) is 33.1 Å². The Labute approximate surface area is 180 Å². The van der Waals surface area contributed by atoms with Crippen LogP contribution in [0.1, 0.15) is 56.6 Å². The maximum atomic E-state index is 12.1. The van der Waals surface area contributed by atoms with E-state index in [2.05, 4.69) is 11.0 Å². The average Bonchev–Trinajstić information content (AvgIpc) is 2.96. The third kappa shape index (κ3) is 6.43. The number of nitrogens with zero attached hydrogens (tertiary/aromatic N) is 2. The number of hydrogen-bond acceptors (Lipinski definition) is 5. The van der Waals surface area contributed by atoms with Gasteiger partial charge in [0.2, 0.25) is 5.91 Å². The summed E-state index contributed by atoms with van der Waals surface area (Å²) < 4.78 is 6.00. The lowest BCUT2D eigenvalue weighted by atomic mass is 9.93. The zero-order valence-electron chi connectivity index (χ0n) is 18.8. The Bertz CT molecular complexity index is 710. The zero-order chi connectivity index (χ0) is 21.8. The van der Waals surface area contributed by atoms with E-state index < -0.39 is 11.2 Å². The van der Waals surface area contributed by atoms with Gasteiger partial charge in [0.25, 0.3) is 0 Å². The van der Waals surface area contributed by atoms with Crippen LogP contribution < -0.4 is 4.74 Å². The fraction of sp³-hybridized carbons (Fsp3) is 0.708. The fourth-order valence-corrected chi connectivity index (χ4v) is 4.93. The molecule has 1 aliphatic carbocycles. The Balaban J connectivity index is 1.73. The van der Waals surface area contributed by atoms with Crippen molar-refractivity contribution in [2.45, 2.75) is 70.5 Å². The van der Waals surface area contributed by atoms with Gasteiger partial charge in [-0.2, -0.15) is 0 Å². The second kappa shape index (κ2) is 9.67. The highest BCUT2D eigenvalue weighted by molar-refractivity contribution is 5.73. The van der Waals surface area contributed by atoms with Crippen LogP contribution in [0.4, 0.5) is 0 Å². The first-order valence-corrected chi connectivity index (χ1v) is 11.3. The molecule has 1 amide bonds. The fourth-order valence-electron chi connectivity index (χ4n) is 4.93. The quantitative estimate of drug-likeness (QED) is 0.720. The number of carbonyl (C=O) groups excluding carboxylic acids is 1. The number of rotatable bonds is 5. The minimum Gasteiger partial charge on any atom is -0.490 e. The highest BCUT2D eigenvalue weighted by Gasteiger charge is 2.39. The lowest BCUT2D eigenvalue weighted by Crippen LogP contribution is -2.54. The second-order valence-corrected chi connectivity index (χ2v) is 9.63. The molecule has 6 heteroatoms. The molecular weight excluding hydrogens is 380 g/mol. The number of amides is 1. The molecule has 2 fully saturated rings. The lowest BCUT2D eigenvalue weighted by Gasteiger charge is -2.36. The summed E-state index contributed by atoms with van der Waals surface area (Å²) in [4.78, 5) is 15.9. The first-order valence-electron chi connectivity index (χ1n) is 11.3. The highest BCUT2D eigenvalue weighted by atomic mass is 16.5. The van der Waals surface area contributed by atoms with Gasteiger partial charge in [-0.15, -0.1) is 0 Å². The molecule has 1 aliphatic heterocycles. The summed E-state index contributed by atoms with van der Waals surface area (Å²) in [6.45, 7) is 8.04. The molecular formula is C24H38N2O4. The van der Waals surface area contributed by atoms with Crippen molar-refractivity contribution in [2.75, 3.05) is 39.3 Å². The molecule has 1 saturated carbocycles. The molecule has 0 aromatic heterocycles. The van der Waals surface area contributed by atoms with Crippen molar-refractivity contribution >= 4 is 5.91 Å². The Kier molecular flexibility index (Phi) is 7.43. The molecule has 1 aromatic rings. The number of ether oxygens (including phenoxy) is 1. The third-order valence-electron chi connectivity index (χ3n) is 6.39. The maximum Gasteiger partial charge on any atom is 0.219 e. The standard InChI is InChI=1S/C24H38N2O4/c1-19-12-20(2)14-22(13-19)30-18-24(29)16-25(10-11-26(17-24)21(3)27)15-23(28)8-6-4-5-7-9-23/h12-14,28-29H,4-11,15-18H2,1-3H3/t24-/m1/s1. The van der Waals surface area contributed by atoms with Gasteiger partial charge in [-0.3, -0.25) is 9.69 Å². The number of aliphatic hydroxyl groups is 2. The van der Waals surface area contributed by atoms with Crippen LogP contribution in [0.2, 0.25) is 0 Å². The molecule has 30 heavy (non-hydrogen) atoms. The number of aryl methyl sites for hydroxylation is 2. The van der Waals surface area contributed by atoms with Crippen molar-refractivity contribution in [2.24, 2.45) is 0 Å². The molecule has 1 atom stereocenters. The van der Waals surface area contributed by atoms with Gasteiger partial charge in [0.15, 0.2) is 0 Å². The molecule has 1 aromatic carbocycles. The van der Waals surface area contributed by atoms with E-state index in [9.17, 15) is 15.0 Å². The van der Waals surface area contributed by atoms with Crippen LogP contribution >= 0.6 is 0 Å². The van der Waals surface area contributed by atoms with Crippen molar-refractivity contribution in [3.8, 4) is 5.75 Å². The van der Waals surface area contributed by atoms with Gasteiger partial charge in [-0.25, -0.2) is 0 Å². The number of carbonyl (C=O) groups is 1. The SMILES string of the molecule is CC(=O)N1CCN(CC2(O)CCCCCC2)C[C@](O)(COc2cc(C)cc(C)c2)C1. The Morgan fingerprint density at radius 2 is 1.60 bits per heavy atom. The summed E-state index contributed by atoms with van der Waals surface area (Å²) in [6.07, 6.45) is 6.05. The predicted octanol–water partition coefficient (Wildman–Crippen LogP) is 2.66. The summed E-state index contributed by atoms with van der Waals surface area (Å²) in [6, 6.07) is 6.00. The van der Waals surface area contributed by atoms with E-state index in [1.54, 1.807) is 11.8 Å². The van der Waals surface area contributed by atoms with E-state index in [-0.39, 0.29) is 19.1 Å². The van der Waals surface area contributed by atoms with Crippen LogP contribution in [0.5, 0.6) is 5.75 Å². The molecule has 0 bridgehead atoms. The molecule has 2 N–H and O–H groups in total. The normalized spacial score (nSPS) is 25.4. The van der Waals surface area contributed by atoms with Gasteiger partial charge in [-0.05, 0) is 49.9 Å². The van der Waals surface area contributed by atoms with Crippen molar-refractivity contribution in [1.29, 1.82) is 0 Å². The Morgan fingerprint density at radius 3 is 2.20 bits per heavy atom. The molecule has 0 radical (unpaired) electrons. The smallest absolute Gasteiger partial charge is 0.219 e. The molecule has 168 valence electrons. The van der Waals surface area contributed by atoms with Gasteiger partial charge < -0.3 is 19.8 Å².